The van der Waals surface area contributed by atoms with Gasteiger partial charge in [0, 0.05) is 47.0 Å². The normalized spacial score (nSPS) is 22.4. The number of hydrogen-bond donors (Lipinski definition) is 1. The fourth-order valence-corrected chi connectivity index (χ4v) is 3.23. The zero-order chi connectivity index (χ0) is 9.97. The van der Waals surface area contributed by atoms with Gasteiger partial charge in [0.15, 0.2) is 0 Å². The fraction of sp³-hybridized carbons (Fsp3) is 0.600. The highest BCUT2D eigenvalue weighted by Crippen LogP contribution is 2.22. The number of piperazine rings is 1. The highest BCUT2D eigenvalue weighted by atomic mass is 79.9. The molecule has 15 heavy (non-hydrogen) atoms. The number of hydrogen-bond acceptors (Lipinski definition) is 3. The lowest BCUT2D eigenvalue weighted by Crippen LogP contribution is -2.49. The molecule has 1 fully saturated rings. The van der Waals surface area contributed by atoms with Gasteiger partial charge in [0.1, 0.15) is 0 Å². The highest BCUT2D eigenvalue weighted by molar-refractivity contribution is 9.10. The molecule has 2 heterocycles. The van der Waals surface area contributed by atoms with Crippen molar-refractivity contribution in [2.75, 3.05) is 19.6 Å². The molecule has 1 aromatic heterocycles. The first-order valence-corrected chi connectivity index (χ1v) is 6.60. The number of thiophene rings is 1. The second kappa shape index (κ2) is 6.21. The van der Waals surface area contributed by atoms with Crippen molar-refractivity contribution >= 4 is 39.7 Å². The van der Waals surface area contributed by atoms with Crippen molar-refractivity contribution in [3.05, 3.63) is 20.8 Å². The Morgan fingerprint density at radius 1 is 1.67 bits per heavy atom. The van der Waals surface area contributed by atoms with E-state index >= 15 is 0 Å². The van der Waals surface area contributed by atoms with E-state index in [9.17, 15) is 0 Å². The maximum Gasteiger partial charge on any atom is 0.0332 e. The molecule has 1 aliphatic rings. The quantitative estimate of drug-likeness (QED) is 0.903. The van der Waals surface area contributed by atoms with Crippen LogP contribution in [0.1, 0.15) is 11.8 Å². The summed E-state index contributed by atoms with van der Waals surface area (Å²) in [4.78, 5) is 3.99. The smallest absolute Gasteiger partial charge is 0.0332 e. The third-order valence-electron chi connectivity index (χ3n) is 2.62. The van der Waals surface area contributed by atoms with E-state index in [1.807, 2.05) is 11.3 Å². The summed E-state index contributed by atoms with van der Waals surface area (Å²) in [6.45, 7) is 6.79. The van der Waals surface area contributed by atoms with Crippen molar-refractivity contribution in [3.8, 4) is 0 Å². The van der Waals surface area contributed by atoms with Gasteiger partial charge in [-0.1, -0.05) is 0 Å². The summed E-state index contributed by atoms with van der Waals surface area (Å²) >= 11 is 5.33. The van der Waals surface area contributed by atoms with E-state index in [0.29, 0.717) is 6.04 Å². The van der Waals surface area contributed by atoms with Gasteiger partial charge < -0.3 is 5.32 Å². The molecule has 5 heteroatoms. The van der Waals surface area contributed by atoms with E-state index in [1.54, 1.807) is 0 Å². The molecule has 0 spiro atoms. The van der Waals surface area contributed by atoms with Crippen LogP contribution in [0.5, 0.6) is 0 Å². The molecule has 1 atom stereocenters. The summed E-state index contributed by atoms with van der Waals surface area (Å²) in [5.41, 5.74) is 0. The topological polar surface area (TPSA) is 15.3 Å². The predicted molar refractivity (Wildman–Crippen MR) is 72.0 cm³/mol. The van der Waals surface area contributed by atoms with Crippen LogP contribution < -0.4 is 5.32 Å². The van der Waals surface area contributed by atoms with Crippen LogP contribution in [0, 0.1) is 0 Å². The van der Waals surface area contributed by atoms with Gasteiger partial charge in [0.2, 0.25) is 0 Å². The average Bonchev–Trinajstić information content (AvgIpc) is 2.56. The predicted octanol–water partition coefficient (Wildman–Crippen LogP) is 2.73. The maximum atomic E-state index is 3.49. The van der Waals surface area contributed by atoms with Gasteiger partial charge in [-0.15, -0.1) is 23.7 Å². The molecule has 0 unspecified atom stereocenters. The van der Waals surface area contributed by atoms with Crippen LogP contribution in [-0.4, -0.2) is 30.6 Å². The van der Waals surface area contributed by atoms with E-state index in [1.165, 1.54) is 9.35 Å². The molecule has 86 valence electrons. The van der Waals surface area contributed by atoms with Crippen LogP contribution in [0.2, 0.25) is 0 Å². The zero-order valence-electron chi connectivity index (χ0n) is 8.70. The third-order valence-corrected chi connectivity index (χ3v) is 4.30. The van der Waals surface area contributed by atoms with E-state index in [4.69, 9.17) is 0 Å². The highest BCUT2D eigenvalue weighted by Gasteiger charge is 2.18. The first-order chi connectivity index (χ1) is 6.75. The Morgan fingerprint density at radius 3 is 3.07 bits per heavy atom. The van der Waals surface area contributed by atoms with Crippen molar-refractivity contribution in [1.29, 1.82) is 0 Å². The van der Waals surface area contributed by atoms with Gasteiger partial charge in [0.25, 0.3) is 0 Å². The average molecular weight is 312 g/mol. The largest absolute Gasteiger partial charge is 0.314 e. The SMILES string of the molecule is C[C@@H]1CNCCN1Cc1cc(Br)cs1.Cl. The van der Waals surface area contributed by atoms with Gasteiger partial charge in [-0.2, -0.15) is 0 Å². The van der Waals surface area contributed by atoms with Crippen LogP contribution in [0.15, 0.2) is 15.9 Å². The Kier molecular flexibility index (Phi) is 5.57. The van der Waals surface area contributed by atoms with Gasteiger partial charge in [-0.05, 0) is 28.9 Å². The summed E-state index contributed by atoms with van der Waals surface area (Å²) in [5.74, 6) is 0. The third kappa shape index (κ3) is 3.71. The standard InChI is InChI=1S/C10H15BrN2S.ClH/c1-8-5-12-2-3-13(8)6-10-4-9(11)7-14-10;/h4,7-8,12H,2-3,5-6H2,1H3;1H/t8-;/m1./s1. The Morgan fingerprint density at radius 2 is 2.47 bits per heavy atom. The van der Waals surface area contributed by atoms with E-state index in [0.717, 1.165) is 26.2 Å². The van der Waals surface area contributed by atoms with Crippen molar-refractivity contribution in [1.82, 2.24) is 10.2 Å². The molecule has 1 saturated heterocycles. The van der Waals surface area contributed by atoms with Crippen LogP contribution in [-0.2, 0) is 6.54 Å². The number of halogens is 2. The molecule has 1 N–H and O–H groups in total. The second-order valence-electron chi connectivity index (χ2n) is 3.75. The molecule has 0 bridgehead atoms. The van der Waals surface area contributed by atoms with E-state index in [2.05, 4.69) is 44.5 Å². The maximum absolute atomic E-state index is 3.49. The van der Waals surface area contributed by atoms with Crippen LogP contribution in [0.4, 0.5) is 0 Å². The summed E-state index contributed by atoms with van der Waals surface area (Å²) in [6.07, 6.45) is 0. The summed E-state index contributed by atoms with van der Waals surface area (Å²) in [6, 6.07) is 2.88. The minimum absolute atomic E-state index is 0. The minimum Gasteiger partial charge on any atom is -0.314 e. The van der Waals surface area contributed by atoms with E-state index in [-0.39, 0.29) is 12.4 Å². The Bertz CT molecular complexity index is 305. The van der Waals surface area contributed by atoms with Crippen LogP contribution >= 0.6 is 39.7 Å². The lowest BCUT2D eigenvalue weighted by atomic mass is 10.2. The van der Waals surface area contributed by atoms with Crippen molar-refractivity contribution in [3.63, 3.8) is 0 Å². The molecule has 0 aromatic carbocycles. The number of nitrogens with one attached hydrogen (secondary N) is 1. The molecular weight excluding hydrogens is 296 g/mol. The zero-order valence-corrected chi connectivity index (χ0v) is 11.9. The van der Waals surface area contributed by atoms with Crippen LogP contribution in [0.3, 0.4) is 0 Å². The van der Waals surface area contributed by atoms with Gasteiger partial charge in [0.05, 0.1) is 0 Å². The monoisotopic (exact) mass is 310 g/mol. The van der Waals surface area contributed by atoms with Gasteiger partial charge in [-0.25, -0.2) is 0 Å². The van der Waals surface area contributed by atoms with Crippen LogP contribution in [0.25, 0.3) is 0 Å². The lowest BCUT2D eigenvalue weighted by molar-refractivity contribution is 0.167. The molecular formula is C10H16BrClN2S. The minimum atomic E-state index is 0. The van der Waals surface area contributed by atoms with Gasteiger partial charge in [-0.3, -0.25) is 4.90 Å². The molecule has 0 radical (unpaired) electrons. The van der Waals surface area contributed by atoms with Crippen molar-refractivity contribution in [2.24, 2.45) is 0 Å². The molecule has 1 aromatic rings. The Balaban J connectivity index is 0.00000112. The number of rotatable bonds is 2. The lowest BCUT2D eigenvalue weighted by Gasteiger charge is -2.33. The molecule has 0 saturated carbocycles. The molecule has 2 rings (SSSR count). The summed E-state index contributed by atoms with van der Waals surface area (Å²) < 4.78 is 1.21. The molecule has 0 aliphatic carbocycles. The van der Waals surface area contributed by atoms with Crippen molar-refractivity contribution < 1.29 is 0 Å². The number of nitrogens with zero attached hydrogens (tertiary/aromatic N) is 1. The summed E-state index contributed by atoms with van der Waals surface area (Å²) in [7, 11) is 0. The van der Waals surface area contributed by atoms with Crippen molar-refractivity contribution in [2.45, 2.75) is 19.5 Å². The Labute approximate surface area is 110 Å². The van der Waals surface area contributed by atoms with E-state index < -0.39 is 0 Å². The second-order valence-corrected chi connectivity index (χ2v) is 5.67. The van der Waals surface area contributed by atoms with Gasteiger partial charge >= 0.3 is 0 Å². The fourth-order valence-electron chi connectivity index (χ4n) is 1.75. The molecule has 2 nitrogen and oxygen atoms in total. The first-order valence-electron chi connectivity index (χ1n) is 4.93. The summed E-state index contributed by atoms with van der Waals surface area (Å²) in [5, 5.41) is 5.56. The Hall–Kier alpha value is 0.390. The molecule has 0 amide bonds. The molecule has 1 aliphatic heterocycles. The first kappa shape index (κ1) is 13.5.